The molecule has 34 heavy (non-hydrogen) atoms. The number of carbonyl (C=O) groups is 1. The molecule has 1 aliphatic carbocycles. The quantitative estimate of drug-likeness (QED) is 0.274. The largest absolute Gasteiger partial charge is 0.450 e. The molecular formula is C28H34O6. The molecule has 0 N–H and O–H groups in total. The molecule has 1 aliphatic heterocycles. The van der Waals surface area contributed by atoms with E-state index in [1.807, 2.05) is 74.5 Å². The van der Waals surface area contributed by atoms with Crippen molar-refractivity contribution in [2.75, 3.05) is 13.6 Å². The van der Waals surface area contributed by atoms with Crippen molar-refractivity contribution in [2.24, 2.45) is 5.92 Å². The van der Waals surface area contributed by atoms with E-state index in [1.54, 1.807) is 0 Å². The average Bonchev–Trinajstić information content (AvgIpc) is 2.83. The average molecular weight is 467 g/mol. The second-order valence-electron chi connectivity index (χ2n) is 9.33. The van der Waals surface area contributed by atoms with Gasteiger partial charge in [0, 0.05) is 6.08 Å². The fourth-order valence-electron chi connectivity index (χ4n) is 5.25. The van der Waals surface area contributed by atoms with Crippen LogP contribution >= 0.6 is 0 Å². The summed E-state index contributed by atoms with van der Waals surface area (Å²) >= 11 is 0. The molecule has 1 heterocycles. The van der Waals surface area contributed by atoms with E-state index in [9.17, 15) is 4.79 Å². The second kappa shape index (κ2) is 10.8. The molecule has 0 saturated heterocycles. The van der Waals surface area contributed by atoms with Crippen LogP contribution in [0.4, 0.5) is 0 Å². The van der Waals surface area contributed by atoms with Crippen LogP contribution in [0.5, 0.6) is 0 Å². The highest BCUT2D eigenvalue weighted by molar-refractivity contribution is 5.85. The molecular weight excluding hydrogens is 432 g/mol. The molecule has 0 bridgehead atoms. The third-order valence-electron chi connectivity index (χ3n) is 7.04. The summed E-state index contributed by atoms with van der Waals surface area (Å²) in [5, 5.41) is 0. The summed E-state index contributed by atoms with van der Waals surface area (Å²) in [5.41, 5.74) is 1.15. The van der Waals surface area contributed by atoms with E-state index in [0.717, 1.165) is 23.1 Å². The van der Waals surface area contributed by atoms with Crippen molar-refractivity contribution in [1.29, 1.82) is 0 Å². The number of hydrogen-bond acceptors (Lipinski definition) is 6. The number of benzene rings is 2. The Morgan fingerprint density at radius 3 is 2.15 bits per heavy atom. The van der Waals surface area contributed by atoms with Crippen molar-refractivity contribution in [3.63, 3.8) is 0 Å². The lowest BCUT2D eigenvalue weighted by Crippen LogP contribution is -2.69. The van der Waals surface area contributed by atoms with Crippen molar-refractivity contribution in [3.05, 3.63) is 83.4 Å². The monoisotopic (exact) mass is 466 g/mol. The predicted octanol–water partition coefficient (Wildman–Crippen LogP) is 5.17. The summed E-state index contributed by atoms with van der Waals surface area (Å²) in [6.07, 6.45) is 2.71. The topological polar surface area (TPSA) is 63.2 Å². The lowest BCUT2D eigenvalue weighted by Gasteiger charge is -2.57. The fraction of sp³-hybridized carbons (Fsp3) is 0.464. The molecule has 4 atom stereocenters. The molecule has 0 radical (unpaired) electrons. The minimum absolute atomic E-state index is 0.0822. The van der Waals surface area contributed by atoms with E-state index in [4.69, 9.17) is 23.7 Å². The van der Waals surface area contributed by atoms with Crippen LogP contribution in [0.15, 0.2) is 72.3 Å². The van der Waals surface area contributed by atoms with Gasteiger partial charge >= 0.3 is 5.97 Å². The Balaban J connectivity index is 1.44. The first-order valence-electron chi connectivity index (χ1n) is 11.9. The molecule has 1 saturated carbocycles. The SMILES string of the molecule is CC1=CC(=O)OC2(C)C(OCOCc3ccccc3)C(C)CCC12OCOCc1ccccc1. The van der Waals surface area contributed by atoms with E-state index >= 15 is 0 Å². The van der Waals surface area contributed by atoms with Gasteiger partial charge in [0.15, 0.2) is 5.60 Å². The van der Waals surface area contributed by atoms with Crippen LogP contribution in [0.25, 0.3) is 0 Å². The van der Waals surface area contributed by atoms with Gasteiger partial charge < -0.3 is 23.7 Å². The van der Waals surface area contributed by atoms with E-state index in [-0.39, 0.29) is 25.5 Å². The normalized spacial score (nSPS) is 28.7. The molecule has 0 spiro atoms. The van der Waals surface area contributed by atoms with Gasteiger partial charge in [0.25, 0.3) is 0 Å². The summed E-state index contributed by atoms with van der Waals surface area (Å²) in [5.74, 6) is -0.219. The van der Waals surface area contributed by atoms with Crippen molar-refractivity contribution in [3.8, 4) is 0 Å². The summed E-state index contributed by atoms with van der Waals surface area (Å²) in [7, 11) is 0. The van der Waals surface area contributed by atoms with Gasteiger partial charge in [0.1, 0.15) is 25.3 Å². The zero-order chi connectivity index (χ0) is 24.0. The number of ether oxygens (including phenoxy) is 5. The number of fused-ring (bicyclic) bond motifs is 1. The zero-order valence-electron chi connectivity index (χ0n) is 20.2. The molecule has 0 amide bonds. The minimum Gasteiger partial charge on any atom is -0.450 e. The first kappa shape index (κ1) is 24.6. The maximum absolute atomic E-state index is 12.5. The highest BCUT2D eigenvalue weighted by atomic mass is 16.7. The molecule has 182 valence electrons. The Morgan fingerprint density at radius 2 is 1.53 bits per heavy atom. The summed E-state index contributed by atoms with van der Waals surface area (Å²) in [6, 6.07) is 19.9. The van der Waals surface area contributed by atoms with Crippen LogP contribution in [0, 0.1) is 5.92 Å². The highest BCUT2D eigenvalue weighted by Crippen LogP contribution is 2.52. The van der Waals surface area contributed by atoms with Crippen LogP contribution in [0.1, 0.15) is 44.7 Å². The van der Waals surface area contributed by atoms with Crippen LogP contribution < -0.4 is 0 Å². The Bertz CT molecular complexity index is 975. The molecule has 6 heteroatoms. The molecule has 2 aromatic carbocycles. The Kier molecular flexibility index (Phi) is 7.84. The lowest BCUT2D eigenvalue weighted by molar-refractivity contribution is -0.288. The van der Waals surface area contributed by atoms with Gasteiger partial charge in [-0.15, -0.1) is 0 Å². The lowest BCUT2D eigenvalue weighted by atomic mass is 9.63. The van der Waals surface area contributed by atoms with E-state index in [1.165, 1.54) is 6.08 Å². The van der Waals surface area contributed by atoms with Crippen molar-refractivity contribution in [1.82, 2.24) is 0 Å². The number of carbonyl (C=O) groups excluding carboxylic acids is 1. The van der Waals surface area contributed by atoms with E-state index in [0.29, 0.717) is 19.6 Å². The number of esters is 1. The fourth-order valence-corrected chi connectivity index (χ4v) is 5.25. The Labute approximate surface area is 201 Å². The molecule has 2 aromatic rings. The zero-order valence-corrected chi connectivity index (χ0v) is 20.2. The molecule has 6 nitrogen and oxygen atoms in total. The first-order chi connectivity index (χ1) is 16.4. The van der Waals surface area contributed by atoms with Gasteiger partial charge in [0.2, 0.25) is 0 Å². The van der Waals surface area contributed by atoms with Gasteiger partial charge in [-0.1, -0.05) is 67.6 Å². The maximum atomic E-state index is 12.5. The van der Waals surface area contributed by atoms with Gasteiger partial charge in [-0.2, -0.15) is 0 Å². The molecule has 4 rings (SSSR count). The molecule has 2 aliphatic rings. The maximum Gasteiger partial charge on any atom is 0.331 e. The highest BCUT2D eigenvalue weighted by Gasteiger charge is 2.64. The van der Waals surface area contributed by atoms with Gasteiger partial charge in [0.05, 0.1) is 13.2 Å². The number of hydrogen-bond donors (Lipinski definition) is 0. The van der Waals surface area contributed by atoms with E-state index < -0.39 is 17.3 Å². The summed E-state index contributed by atoms with van der Waals surface area (Å²) in [4.78, 5) is 12.5. The smallest absolute Gasteiger partial charge is 0.331 e. The molecule has 1 fully saturated rings. The predicted molar refractivity (Wildman–Crippen MR) is 128 cm³/mol. The van der Waals surface area contributed by atoms with Crippen LogP contribution in [-0.2, 0) is 41.7 Å². The third kappa shape index (κ3) is 5.10. The Hall–Kier alpha value is -2.51. The van der Waals surface area contributed by atoms with Crippen LogP contribution in [0.2, 0.25) is 0 Å². The van der Waals surface area contributed by atoms with Crippen LogP contribution in [0.3, 0.4) is 0 Å². The van der Waals surface area contributed by atoms with E-state index in [2.05, 4.69) is 6.92 Å². The van der Waals surface area contributed by atoms with Gasteiger partial charge in [-0.25, -0.2) is 4.79 Å². The summed E-state index contributed by atoms with van der Waals surface area (Å²) in [6.45, 7) is 7.03. The van der Waals surface area contributed by atoms with Crippen molar-refractivity contribution in [2.45, 2.75) is 64.1 Å². The molecule has 0 aromatic heterocycles. The van der Waals surface area contributed by atoms with Gasteiger partial charge in [-0.05, 0) is 49.3 Å². The molecule has 4 unspecified atom stereocenters. The van der Waals surface area contributed by atoms with Crippen molar-refractivity contribution < 1.29 is 28.5 Å². The van der Waals surface area contributed by atoms with Crippen LogP contribution in [-0.4, -0.2) is 36.9 Å². The Morgan fingerprint density at radius 1 is 0.941 bits per heavy atom. The summed E-state index contributed by atoms with van der Waals surface area (Å²) < 4.78 is 30.3. The third-order valence-corrected chi connectivity index (χ3v) is 7.04. The van der Waals surface area contributed by atoms with Gasteiger partial charge in [-0.3, -0.25) is 0 Å². The first-order valence-corrected chi connectivity index (χ1v) is 11.9. The second-order valence-corrected chi connectivity index (χ2v) is 9.33. The minimum atomic E-state index is -1.01. The van der Waals surface area contributed by atoms with Crippen molar-refractivity contribution >= 4 is 5.97 Å². The number of rotatable bonds is 10. The standard InChI is InChI=1S/C28H34O6/c1-21-14-15-28(33-20-31-18-24-12-8-5-9-13-24)22(2)16-25(29)34-27(28,3)26(21)32-19-30-17-23-10-6-4-7-11-23/h4-13,16,21,26H,14-15,17-20H2,1-3H3.